The highest BCUT2D eigenvalue weighted by atomic mass is 35.5. The van der Waals surface area contributed by atoms with Gasteiger partial charge in [-0.1, -0.05) is 0 Å². The average molecular weight is 357 g/mol. The van der Waals surface area contributed by atoms with Gasteiger partial charge in [0.15, 0.2) is 0 Å². The van der Waals surface area contributed by atoms with Crippen molar-refractivity contribution in [3.63, 3.8) is 0 Å². The highest BCUT2D eigenvalue weighted by Crippen LogP contribution is 2.25. The van der Waals surface area contributed by atoms with Gasteiger partial charge >= 0.3 is 0 Å². The third-order valence-electron chi connectivity index (χ3n) is 4.14. The molecule has 6 nitrogen and oxygen atoms in total. The van der Waals surface area contributed by atoms with Crippen molar-refractivity contribution in [2.24, 2.45) is 0 Å². The van der Waals surface area contributed by atoms with E-state index >= 15 is 0 Å². The molecule has 3 rings (SSSR count). The Labute approximate surface area is 148 Å². The SMILES string of the molecule is Cc1cc(NC(=O)C2COCCN2)ccc1OC1CCOCC1.Cl. The molecule has 0 aliphatic carbocycles. The maximum atomic E-state index is 12.2. The van der Waals surface area contributed by atoms with Crippen molar-refractivity contribution in [3.05, 3.63) is 23.8 Å². The minimum Gasteiger partial charge on any atom is -0.490 e. The van der Waals surface area contributed by atoms with Crippen LogP contribution in [0.3, 0.4) is 0 Å². The number of amides is 1. The molecule has 1 unspecified atom stereocenters. The smallest absolute Gasteiger partial charge is 0.243 e. The van der Waals surface area contributed by atoms with Crippen LogP contribution in [-0.4, -0.2) is 51.0 Å². The molecule has 0 saturated carbocycles. The fourth-order valence-electron chi connectivity index (χ4n) is 2.80. The molecule has 0 radical (unpaired) electrons. The molecule has 2 fully saturated rings. The van der Waals surface area contributed by atoms with Crippen molar-refractivity contribution in [3.8, 4) is 5.75 Å². The summed E-state index contributed by atoms with van der Waals surface area (Å²) in [6.07, 6.45) is 2.06. The van der Waals surface area contributed by atoms with E-state index in [1.54, 1.807) is 0 Å². The van der Waals surface area contributed by atoms with Crippen LogP contribution in [0, 0.1) is 6.92 Å². The first-order valence-corrected chi connectivity index (χ1v) is 8.19. The van der Waals surface area contributed by atoms with Crippen LogP contribution in [0.15, 0.2) is 18.2 Å². The van der Waals surface area contributed by atoms with E-state index in [1.165, 1.54) is 0 Å². The van der Waals surface area contributed by atoms with E-state index < -0.39 is 0 Å². The Morgan fingerprint density at radius 1 is 1.25 bits per heavy atom. The Bertz CT molecular complexity index is 543. The van der Waals surface area contributed by atoms with E-state index in [0.29, 0.717) is 19.8 Å². The lowest BCUT2D eigenvalue weighted by Crippen LogP contribution is -2.48. The van der Waals surface area contributed by atoms with E-state index in [2.05, 4.69) is 10.6 Å². The van der Waals surface area contributed by atoms with Crippen molar-refractivity contribution in [1.82, 2.24) is 5.32 Å². The normalized spacial score (nSPS) is 21.6. The van der Waals surface area contributed by atoms with Gasteiger partial charge in [-0.2, -0.15) is 0 Å². The van der Waals surface area contributed by atoms with E-state index in [9.17, 15) is 4.79 Å². The summed E-state index contributed by atoms with van der Waals surface area (Å²) >= 11 is 0. The third-order valence-corrected chi connectivity index (χ3v) is 4.14. The van der Waals surface area contributed by atoms with Crippen LogP contribution in [0.2, 0.25) is 0 Å². The molecule has 134 valence electrons. The number of nitrogens with one attached hydrogen (secondary N) is 2. The highest BCUT2D eigenvalue weighted by molar-refractivity contribution is 5.95. The first-order chi connectivity index (χ1) is 11.2. The number of anilines is 1. The van der Waals surface area contributed by atoms with Crippen LogP contribution >= 0.6 is 12.4 Å². The monoisotopic (exact) mass is 356 g/mol. The number of morpholine rings is 1. The van der Waals surface area contributed by atoms with Gasteiger partial charge < -0.3 is 24.8 Å². The van der Waals surface area contributed by atoms with Crippen molar-refractivity contribution < 1.29 is 19.0 Å². The van der Waals surface area contributed by atoms with Crippen LogP contribution in [0.1, 0.15) is 18.4 Å². The minimum absolute atomic E-state index is 0. The summed E-state index contributed by atoms with van der Waals surface area (Å²) in [5.41, 5.74) is 1.79. The summed E-state index contributed by atoms with van der Waals surface area (Å²) in [4.78, 5) is 12.2. The van der Waals surface area contributed by atoms with Crippen molar-refractivity contribution in [2.75, 3.05) is 38.3 Å². The average Bonchev–Trinajstić information content (AvgIpc) is 2.59. The summed E-state index contributed by atoms with van der Waals surface area (Å²) in [6, 6.07) is 5.45. The second-order valence-electron chi connectivity index (χ2n) is 5.98. The second kappa shape index (κ2) is 9.22. The van der Waals surface area contributed by atoms with Crippen LogP contribution in [0.4, 0.5) is 5.69 Å². The third kappa shape index (κ3) is 5.08. The number of benzene rings is 1. The Balaban J connectivity index is 0.00000208. The molecule has 1 amide bonds. The summed E-state index contributed by atoms with van der Waals surface area (Å²) < 4.78 is 16.7. The summed E-state index contributed by atoms with van der Waals surface area (Å²) in [5.74, 6) is 0.802. The predicted molar refractivity (Wildman–Crippen MR) is 94.1 cm³/mol. The van der Waals surface area contributed by atoms with Gasteiger partial charge in [0.2, 0.25) is 5.91 Å². The van der Waals surface area contributed by atoms with Crippen molar-refractivity contribution in [1.29, 1.82) is 0 Å². The summed E-state index contributed by atoms with van der Waals surface area (Å²) in [7, 11) is 0. The van der Waals surface area contributed by atoms with Gasteiger partial charge in [-0.15, -0.1) is 12.4 Å². The van der Waals surface area contributed by atoms with Gasteiger partial charge in [0.05, 0.1) is 26.4 Å². The number of aryl methyl sites for hydroxylation is 1. The molecule has 0 aromatic heterocycles. The Morgan fingerprint density at radius 2 is 2.04 bits per heavy atom. The van der Waals surface area contributed by atoms with Crippen LogP contribution in [-0.2, 0) is 14.3 Å². The number of carbonyl (C=O) groups excluding carboxylic acids is 1. The number of rotatable bonds is 4. The molecule has 0 bridgehead atoms. The molecule has 7 heteroatoms. The van der Waals surface area contributed by atoms with Crippen LogP contribution in [0.25, 0.3) is 0 Å². The standard InChI is InChI=1S/C17H24N2O4.ClH/c1-12-10-13(19-17(20)15-11-22-9-6-18-15)2-3-16(12)23-14-4-7-21-8-5-14;/h2-3,10,14-15,18H,4-9,11H2,1H3,(H,19,20);1H. The van der Waals surface area contributed by atoms with Gasteiger partial charge in [0.25, 0.3) is 0 Å². The Kier molecular flexibility index (Phi) is 7.30. The fourth-order valence-corrected chi connectivity index (χ4v) is 2.80. The molecule has 2 aliphatic rings. The van der Waals surface area contributed by atoms with Gasteiger partial charge in [-0.25, -0.2) is 0 Å². The largest absolute Gasteiger partial charge is 0.490 e. The zero-order valence-corrected chi connectivity index (χ0v) is 14.7. The minimum atomic E-state index is -0.290. The molecular formula is C17H25ClN2O4. The molecule has 24 heavy (non-hydrogen) atoms. The van der Waals surface area contributed by atoms with Gasteiger partial charge in [0, 0.05) is 25.1 Å². The molecule has 1 aromatic rings. The number of hydrogen-bond donors (Lipinski definition) is 2. The number of carbonyl (C=O) groups is 1. The molecule has 1 aromatic carbocycles. The molecule has 0 spiro atoms. The van der Waals surface area contributed by atoms with E-state index in [0.717, 1.165) is 43.1 Å². The first-order valence-electron chi connectivity index (χ1n) is 8.19. The van der Waals surface area contributed by atoms with E-state index in [-0.39, 0.29) is 30.5 Å². The molecule has 2 aliphatic heterocycles. The molecule has 2 heterocycles. The predicted octanol–water partition coefficient (Wildman–Crippen LogP) is 1.90. The van der Waals surface area contributed by atoms with Crippen LogP contribution < -0.4 is 15.4 Å². The molecule has 1 atom stereocenters. The Morgan fingerprint density at radius 3 is 2.71 bits per heavy atom. The topological polar surface area (TPSA) is 68.8 Å². The number of ether oxygens (including phenoxy) is 3. The Hall–Kier alpha value is -1.34. The van der Waals surface area contributed by atoms with Crippen molar-refractivity contribution >= 4 is 24.0 Å². The lowest BCUT2D eigenvalue weighted by Gasteiger charge is -2.25. The zero-order chi connectivity index (χ0) is 16.1. The quantitative estimate of drug-likeness (QED) is 0.862. The molecule has 2 N–H and O–H groups in total. The lowest BCUT2D eigenvalue weighted by molar-refractivity contribution is -0.120. The maximum absolute atomic E-state index is 12.2. The summed E-state index contributed by atoms with van der Waals surface area (Å²) in [5, 5.41) is 6.07. The summed E-state index contributed by atoms with van der Waals surface area (Å²) in [6.45, 7) is 5.28. The number of halogens is 1. The lowest BCUT2D eigenvalue weighted by atomic mass is 10.1. The zero-order valence-electron chi connectivity index (χ0n) is 13.9. The highest BCUT2D eigenvalue weighted by Gasteiger charge is 2.21. The molecular weight excluding hydrogens is 332 g/mol. The van der Waals surface area contributed by atoms with Gasteiger partial charge in [0.1, 0.15) is 17.9 Å². The molecule has 2 saturated heterocycles. The number of hydrogen-bond acceptors (Lipinski definition) is 5. The maximum Gasteiger partial charge on any atom is 0.243 e. The second-order valence-corrected chi connectivity index (χ2v) is 5.98. The van der Waals surface area contributed by atoms with Crippen molar-refractivity contribution in [2.45, 2.75) is 31.9 Å². The van der Waals surface area contributed by atoms with E-state index in [1.807, 2.05) is 25.1 Å². The van der Waals surface area contributed by atoms with Crippen LogP contribution in [0.5, 0.6) is 5.75 Å². The first kappa shape index (κ1) is 19.0. The van der Waals surface area contributed by atoms with Gasteiger partial charge in [-0.3, -0.25) is 4.79 Å². The van der Waals surface area contributed by atoms with Gasteiger partial charge in [-0.05, 0) is 30.7 Å². The van der Waals surface area contributed by atoms with E-state index in [4.69, 9.17) is 14.2 Å². The fraction of sp³-hybridized carbons (Fsp3) is 0.588.